The third-order valence-electron chi connectivity index (χ3n) is 1.93. The Kier molecular flexibility index (Phi) is 4.38. The van der Waals surface area contributed by atoms with Gasteiger partial charge in [0.15, 0.2) is 0 Å². The van der Waals surface area contributed by atoms with Gasteiger partial charge in [0, 0.05) is 9.49 Å². The Labute approximate surface area is 97.8 Å². The fourth-order valence-corrected chi connectivity index (χ4v) is 1.84. The van der Waals surface area contributed by atoms with Gasteiger partial charge in [0.2, 0.25) is 0 Å². The van der Waals surface area contributed by atoms with Gasteiger partial charge in [0.05, 0.1) is 6.61 Å². The molecule has 76 valence electrons. The van der Waals surface area contributed by atoms with E-state index in [4.69, 9.17) is 4.74 Å². The van der Waals surface area contributed by atoms with Crippen LogP contribution in [0.3, 0.4) is 0 Å². The zero-order chi connectivity index (χ0) is 10.6. The number of carbonyl (C=O) groups excluding carboxylic acids is 1. The summed E-state index contributed by atoms with van der Waals surface area (Å²) in [5.74, 6) is 0.770. The van der Waals surface area contributed by atoms with E-state index in [0.717, 1.165) is 21.2 Å². The second-order valence-electron chi connectivity index (χ2n) is 3.08. The molecular formula is C11H13IO2. The van der Waals surface area contributed by atoms with Crippen molar-refractivity contribution in [2.24, 2.45) is 0 Å². The molecule has 1 aromatic carbocycles. The molecule has 0 aliphatic rings. The fraction of sp³-hybridized carbons (Fsp3) is 0.364. The van der Waals surface area contributed by atoms with Crippen molar-refractivity contribution in [3.8, 4) is 5.75 Å². The predicted octanol–water partition coefficient (Wildman–Crippen LogP) is 2.99. The maximum Gasteiger partial charge on any atom is 0.127 e. The van der Waals surface area contributed by atoms with Crippen molar-refractivity contribution >= 4 is 28.9 Å². The molecule has 0 aromatic heterocycles. The molecule has 0 aliphatic heterocycles. The van der Waals surface area contributed by atoms with Crippen LogP contribution in [-0.2, 0) is 4.79 Å². The lowest BCUT2D eigenvalue weighted by molar-refractivity contribution is -0.108. The van der Waals surface area contributed by atoms with Crippen LogP contribution in [0.25, 0.3) is 0 Å². The first-order valence-electron chi connectivity index (χ1n) is 4.56. The van der Waals surface area contributed by atoms with E-state index < -0.39 is 0 Å². The molecule has 1 unspecified atom stereocenters. The predicted molar refractivity (Wildman–Crippen MR) is 64.8 cm³/mol. The second-order valence-corrected chi connectivity index (χ2v) is 4.32. The molecule has 2 nitrogen and oxygen atoms in total. The van der Waals surface area contributed by atoms with E-state index in [2.05, 4.69) is 22.6 Å². The van der Waals surface area contributed by atoms with Crippen LogP contribution in [0.2, 0.25) is 0 Å². The van der Waals surface area contributed by atoms with E-state index in [-0.39, 0.29) is 5.92 Å². The minimum atomic E-state index is -0.0658. The van der Waals surface area contributed by atoms with Gasteiger partial charge in [-0.1, -0.05) is 6.92 Å². The highest BCUT2D eigenvalue weighted by Gasteiger charge is 2.06. The molecule has 1 rings (SSSR count). The Balaban J connectivity index is 3.00. The van der Waals surface area contributed by atoms with Gasteiger partial charge >= 0.3 is 0 Å². The van der Waals surface area contributed by atoms with Gasteiger partial charge in [-0.05, 0) is 53.3 Å². The summed E-state index contributed by atoms with van der Waals surface area (Å²) in [5, 5.41) is 0. The highest BCUT2D eigenvalue weighted by molar-refractivity contribution is 14.1. The van der Waals surface area contributed by atoms with Gasteiger partial charge in [0.25, 0.3) is 0 Å². The Morgan fingerprint density at radius 2 is 2.21 bits per heavy atom. The minimum Gasteiger partial charge on any atom is -0.494 e. The van der Waals surface area contributed by atoms with Crippen LogP contribution < -0.4 is 4.74 Å². The van der Waals surface area contributed by atoms with Crippen molar-refractivity contribution < 1.29 is 9.53 Å². The van der Waals surface area contributed by atoms with Gasteiger partial charge in [-0.15, -0.1) is 0 Å². The number of carbonyl (C=O) groups is 1. The van der Waals surface area contributed by atoms with Crippen molar-refractivity contribution in [2.75, 3.05) is 6.61 Å². The summed E-state index contributed by atoms with van der Waals surface area (Å²) in [4.78, 5) is 10.6. The Hall–Kier alpha value is -0.580. The van der Waals surface area contributed by atoms with Crippen LogP contribution in [0.5, 0.6) is 5.75 Å². The Morgan fingerprint density at radius 3 is 2.79 bits per heavy atom. The molecule has 0 bridgehead atoms. The van der Waals surface area contributed by atoms with Gasteiger partial charge < -0.3 is 9.53 Å². The van der Waals surface area contributed by atoms with Gasteiger partial charge in [0.1, 0.15) is 12.0 Å². The van der Waals surface area contributed by atoms with E-state index >= 15 is 0 Å². The quantitative estimate of drug-likeness (QED) is 0.631. The van der Waals surface area contributed by atoms with Crippen molar-refractivity contribution in [3.63, 3.8) is 0 Å². The standard InChI is InChI=1S/C11H13IO2/c1-3-14-11-5-9(8(2)7-13)4-10(12)6-11/h4-8H,3H2,1-2H3. The van der Waals surface area contributed by atoms with Crippen LogP contribution in [0.4, 0.5) is 0 Å². The average molecular weight is 304 g/mol. The van der Waals surface area contributed by atoms with E-state index in [9.17, 15) is 4.79 Å². The minimum absolute atomic E-state index is 0.0658. The molecule has 0 saturated heterocycles. The number of hydrogen-bond donors (Lipinski definition) is 0. The van der Waals surface area contributed by atoms with E-state index in [0.29, 0.717) is 6.61 Å². The average Bonchev–Trinajstić information content (AvgIpc) is 2.16. The summed E-state index contributed by atoms with van der Waals surface area (Å²) in [6.45, 7) is 4.48. The molecule has 0 saturated carbocycles. The van der Waals surface area contributed by atoms with Crippen molar-refractivity contribution in [1.29, 1.82) is 0 Å². The molecule has 1 atom stereocenters. The first kappa shape index (κ1) is 11.5. The fourth-order valence-electron chi connectivity index (χ4n) is 1.18. The summed E-state index contributed by atoms with van der Waals surface area (Å²) >= 11 is 2.22. The maximum atomic E-state index is 10.6. The molecule has 0 radical (unpaired) electrons. The molecule has 0 spiro atoms. The summed E-state index contributed by atoms with van der Waals surface area (Å²) in [6, 6.07) is 5.89. The lowest BCUT2D eigenvalue weighted by atomic mass is 10.0. The first-order valence-corrected chi connectivity index (χ1v) is 5.63. The number of rotatable bonds is 4. The lowest BCUT2D eigenvalue weighted by Gasteiger charge is -2.09. The molecule has 3 heteroatoms. The molecule has 14 heavy (non-hydrogen) atoms. The highest BCUT2D eigenvalue weighted by Crippen LogP contribution is 2.23. The molecule has 0 amide bonds. The van der Waals surface area contributed by atoms with E-state index in [1.807, 2.05) is 32.0 Å². The topological polar surface area (TPSA) is 26.3 Å². The SMILES string of the molecule is CCOc1cc(I)cc(C(C)C=O)c1. The van der Waals surface area contributed by atoms with Crippen LogP contribution in [-0.4, -0.2) is 12.9 Å². The van der Waals surface area contributed by atoms with Crippen molar-refractivity contribution in [1.82, 2.24) is 0 Å². The Bertz CT molecular complexity index is 323. The summed E-state index contributed by atoms with van der Waals surface area (Å²) in [7, 11) is 0. The molecule has 0 heterocycles. The van der Waals surface area contributed by atoms with Crippen LogP contribution in [0.15, 0.2) is 18.2 Å². The van der Waals surface area contributed by atoms with E-state index in [1.54, 1.807) is 0 Å². The third kappa shape index (κ3) is 2.97. The van der Waals surface area contributed by atoms with Gasteiger partial charge in [-0.2, -0.15) is 0 Å². The zero-order valence-electron chi connectivity index (χ0n) is 8.29. The van der Waals surface area contributed by atoms with Crippen molar-refractivity contribution in [3.05, 3.63) is 27.3 Å². The van der Waals surface area contributed by atoms with Gasteiger partial charge in [-0.3, -0.25) is 0 Å². The number of aldehydes is 1. The highest BCUT2D eigenvalue weighted by atomic mass is 127. The smallest absolute Gasteiger partial charge is 0.127 e. The van der Waals surface area contributed by atoms with Gasteiger partial charge in [-0.25, -0.2) is 0 Å². The Morgan fingerprint density at radius 1 is 1.50 bits per heavy atom. The lowest BCUT2D eigenvalue weighted by Crippen LogP contribution is -1.98. The summed E-state index contributed by atoms with van der Waals surface area (Å²) in [6.07, 6.45) is 0.946. The van der Waals surface area contributed by atoms with Crippen LogP contribution in [0.1, 0.15) is 25.3 Å². The maximum absolute atomic E-state index is 10.6. The number of benzene rings is 1. The molecule has 1 aromatic rings. The first-order chi connectivity index (χ1) is 6.67. The zero-order valence-corrected chi connectivity index (χ0v) is 10.4. The monoisotopic (exact) mass is 304 g/mol. The normalized spacial score (nSPS) is 12.2. The summed E-state index contributed by atoms with van der Waals surface area (Å²) < 4.78 is 6.50. The van der Waals surface area contributed by atoms with E-state index in [1.165, 1.54) is 0 Å². The third-order valence-corrected chi connectivity index (χ3v) is 2.56. The molecule has 0 aliphatic carbocycles. The number of hydrogen-bond acceptors (Lipinski definition) is 2. The number of halogens is 1. The largest absolute Gasteiger partial charge is 0.494 e. The van der Waals surface area contributed by atoms with Crippen LogP contribution in [0, 0.1) is 3.57 Å². The molecule has 0 fully saturated rings. The summed E-state index contributed by atoms with van der Waals surface area (Å²) in [5.41, 5.74) is 1.01. The molecule has 0 N–H and O–H groups in total. The molecular weight excluding hydrogens is 291 g/mol. The second kappa shape index (κ2) is 5.34. The van der Waals surface area contributed by atoms with Crippen LogP contribution >= 0.6 is 22.6 Å². The number of ether oxygens (including phenoxy) is 1. The van der Waals surface area contributed by atoms with Crippen molar-refractivity contribution in [2.45, 2.75) is 19.8 Å².